The number of ether oxygens (including phenoxy) is 3. The van der Waals surface area contributed by atoms with Crippen molar-refractivity contribution in [3.05, 3.63) is 58.2 Å². The van der Waals surface area contributed by atoms with E-state index in [0.717, 1.165) is 70.7 Å². The van der Waals surface area contributed by atoms with E-state index in [9.17, 15) is 14.4 Å². The number of fused-ring (bicyclic) bond motifs is 6. The number of pyridine rings is 1. The Balaban J connectivity index is 1.27. The van der Waals surface area contributed by atoms with Crippen LogP contribution in [0.15, 0.2) is 41.9 Å². The highest BCUT2D eigenvalue weighted by atomic mass is 32.1. The minimum absolute atomic E-state index is 0.167. The number of cyclic esters (lactones) is 1. The van der Waals surface area contributed by atoms with Gasteiger partial charge in [0, 0.05) is 71.7 Å². The monoisotopic (exact) mass is 825 g/mol. The van der Waals surface area contributed by atoms with E-state index < -0.39 is 29.6 Å². The number of methoxy groups -OCH3 is 1. The molecule has 3 aliphatic heterocycles. The van der Waals surface area contributed by atoms with E-state index in [1.54, 1.807) is 7.11 Å². The highest BCUT2D eigenvalue weighted by Gasteiger charge is 2.50. The number of amides is 2. The molecule has 14 heteroatoms. The molecule has 1 saturated carbocycles. The van der Waals surface area contributed by atoms with Crippen molar-refractivity contribution in [2.45, 2.75) is 98.1 Å². The highest BCUT2D eigenvalue weighted by Crippen LogP contribution is 2.46. The maximum Gasteiger partial charge on any atom is 0.324 e. The fraction of sp³-hybridized carbons (Fsp3) is 0.578. The molecule has 8 rings (SSSR count). The predicted molar refractivity (Wildman–Crippen MR) is 227 cm³/mol. The Morgan fingerprint density at radius 3 is 2.64 bits per heavy atom. The molecule has 1 aromatic carbocycles. The second-order valence-corrected chi connectivity index (χ2v) is 18.6. The number of esters is 1. The van der Waals surface area contributed by atoms with Gasteiger partial charge in [0.15, 0.2) is 0 Å². The van der Waals surface area contributed by atoms with Gasteiger partial charge in [-0.15, -0.1) is 11.3 Å². The average Bonchev–Trinajstić information content (AvgIpc) is 3.50. The van der Waals surface area contributed by atoms with Crippen molar-refractivity contribution in [1.29, 1.82) is 0 Å². The number of hydrogen-bond donors (Lipinski definition) is 2. The number of likely N-dealkylation sites (tertiary alicyclic amines) is 1. The Bertz CT molecular complexity index is 2190. The molecule has 0 spiro atoms. The van der Waals surface area contributed by atoms with E-state index in [1.165, 1.54) is 16.3 Å². The molecular weight excluding hydrogens is 767 g/mol. The van der Waals surface area contributed by atoms with Gasteiger partial charge >= 0.3 is 5.97 Å². The first kappa shape index (κ1) is 41.5. The maximum absolute atomic E-state index is 14.8. The molecule has 3 aromatic heterocycles. The summed E-state index contributed by atoms with van der Waals surface area (Å²) in [6.45, 7) is 16.9. The lowest BCUT2D eigenvalue weighted by molar-refractivity contribution is -0.157. The number of carbonyl (C=O) groups excluding carboxylic acids is 3. The minimum Gasteiger partial charge on any atom is -0.464 e. The van der Waals surface area contributed by atoms with Gasteiger partial charge < -0.3 is 29.0 Å². The van der Waals surface area contributed by atoms with Crippen LogP contribution in [-0.4, -0.2) is 101 Å². The van der Waals surface area contributed by atoms with Crippen molar-refractivity contribution in [2.24, 2.45) is 23.2 Å². The first-order valence-electron chi connectivity index (χ1n) is 21.4. The summed E-state index contributed by atoms with van der Waals surface area (Å²) in [4.78, 5) is 54.9. The Morgan fingerprint density at radius 2 is 1.93 bits per heavy atom. The molecule has 6 heterocycles. The summed E-state index contributed by atoms with van der Waals surface area (Å²) in [7, 11) is 1.70. The van der Waals surface area contributed by atoms with Crippen molar-refractivity contribution >= 4 is 40.0 Å². The van der Waals surface area contributed by atoms with Crippen molar-refractivity contribution in [2.75, 3.05) is 46.5 Å². The lowest BCUT2D eigenvalue weighted by Crippen LogP contribution is -2.61. The van der Waals surface area contributed by atoms with Crippen LogP contribution in [0.4, 0.5) is 0 Å². The molecule has 2 amide bonds. The van der Waals surface area contributed by atoms with Crippen LogP contribution in [0.2, 0.25) is 0 Å². The van der Waals surface area contributed by atoms with Crippen LogP contribution >= 0.6 is 11.3 Å². The van der Waals surface area contributed by atoms with Crippen LogP contribution in [0, 0.1) is 23.2 Å². The number of hydrogen-bond acceptors (Lipinski definition) is 11. The normalized spacial score (nSPS) is 26.5. The molecule has 6 bridgehead atoms. The quantitative estimate of drug-likeness (QED) is 0.175. The lowest BCUT2D eigenvalue weighted by atomic mass is 9.84. The first-order chi connectivity index (χ1) is 28.4. The third-order valence-corrected chi connectivity index (χ3v) is 13.9. The van der Waals surface area contributed by atoms with Crippen LogP contribution in [0.25, 0.3) is 33.4 Å². The number of rotatable bonds is 10. The van der Waals surface area contributed by atoms with Crippen LogP contribution in [0.5, 0.6) is 0 Å². The van der Waals surface area contributed by atoms with Gasteiger partial charge in [-0.2, -0.15) is 0 Å². The summed E-state index contributed by atoms with van der Waals surface area (Å²) < 4.78 is 21.0. The number of carbonyl (C=O) groups is 3. The number of aromatic nitrogens is 3. The molecule has 4 aromatic rings. The van der Waals surface area contributed by atoms with Gasteiger partial charge in [0.25, 0.3) is 5.91 Å². The molecule has 59 heavy (non-hydrogen) atoms. The summed E-state index contributed by atoms with van der Waals surface area (Å²) >= 11 is 1.43. The summed E-state index contributed by atoms with van der Waals surface area (Å²) in [6, 6.07) is 8.75. The molecular formula is C45H59N7O6S. The van der Waals surface area contributed by atoms with Crippen LogP contribution in [0.3, 0.4) is 0 Å². The van der Waals surface area contributed by atoms with E-state index in [4.69, 9.17) is 24.2 Å². The molecule has 0 unspecified atom stereocenters. The van der Waals surface area contributed by atoms with E-state index in [0.29, 0.717) is 44.0 Å². The van der Waals surface area contributed by atoms with Gasteiger partial charge in [-0.3, -0.25) is 24.4 Å². The molecule has 4 aliphatic rings. The number of nitrogens with zero attached hydrogens (tertiary/aromatic N) is 5. The fourth-order valence-corrected chi connectivity index (χ4v) is 9.97. The molecule has 2 N–H and O–H groups in total. The second kappa shape index (κ2) is 17.0. The Morgan fingerprint density at radius 1 is 1.14 bits per heavy atom. The Hall–Kier alpha value is -4.21. The average molecular weight is 826 g/mol. The van der Waals surface area contributed by atoms with Crippen molar-refractivity contribution in [3.63, 3.8) is 0 Å². The van der Waals surface area contributed by atoms with Crippen molar-refractivity contribution < 1.29 is 28.6 Å². The van der Waals surface area contributed by atoms with Crippen LogP contribution in [0.1, 0.15) is 89.3 Å². The largest absolute Gasteiger partial charge is 0.464 e. The molecule has 316 valence electrons. The van der Waals surface area contributed by atoms with Crippen molar-refractivity contribution in [3.8, 4) is 22.5 Å². The maximum atomic E-state index is 14.8. The molecule has 0 radical (unpaired) electrons. The topological polar surface area (TPSA) is 140 Å². The highest BCUT2D eigenvalue weighted by molar-refractivity contribution is 7.10. The summed E-state index contributed by atoms with van der Waals surface area (Å²) in [5.41, 5.74) is 9.55. The lowest BCUT2D eigenvalue weighted by Gasteiger charge is -2.37. The smallest absolute Gasteiger partial charge is 0.324 e. The fourth-order valence-electron chi connectivity index (χ4n) is 9.06. The Labute approximate surface area is 351 Å². The molecule has 2 saturated heterocycles. The van der Waals surface area contributed by atoms with Crippen LogP contribution < -0.4 is 10.7 Å². The van der Waals surface area contributed by atoms with E-state index >= 15 is 0 Å². The third-order valence-electron chi connectivity index (χ3n) is 13.0. The zero-order valence-corrected chi connectivity index (χ0v) is 36.3. The van der Waals surface area contributed by atoms with Gasteiger partial charge in [-0.1, -0.05) is 33.8 Å². The molecule has 1 aliphatic carbocycles. The predicted octanol–water partition coefficient (Wildman–Crippen LogP) is 6.33. The number of aryl methyl sites for hydroxylation is 1. The number of thiazole rings is 1. The van der Waals surface area contributed by atoms with Crippen LogP contribution in [-0.2, 0) is 41.6 Å². The van der Waals surface area contributed by atoms with Gasteiger partial charge in [0.1, 0.15) is 23.2 Å². The summed E-state index contributed by atoms with van der Waals surface area (Å²) in [5, 5.41) is 8.34. The summed E-state index contributed by atoms with van der Waals surface area (Å²) in [6.07, 6.45) is 3.58. The van der Waals surface area contributed by atoms with Gasteiger partial charge in [-0.05, 0) is 94.3 Å². The third kappa shape index (κ3) is 8.31. The minimum atomic E-state index is -1.07. The Kier molecular flexibility index (Phi) is 12.0. The van der Waals surface area contributed by atoms with E-state index in [-0.39, 0.29) is 42.3 Å². The molecule has 7 atom stereocenters. The van der Waals surface area contributed by atoms with Crippen molar-refractivity contribution in [1.82, 2.24) is 35.2 Å². The second-order valence-electron chi connectivity index (χ2n) is 17.7. The van der Waals surface area contributed by atoms with Gasteiger partial charge in [0.2, 0.25) is 5.91 Å². The molecule has 3 fully saturated rings. The van der Waals surface area contributed by atoms with E-state index in [2.05, 4.69) is 79.1 Å². The number of hydrazine groups is 1. The van der Waals surface area contributed by atoms with Gasteiger partial charge in [0.05, 0.1) is 36.4 Å². The zero-order valence-electron chi connectivity index (χ0n) is 35.5. The zero-order chi connectivity index (χ0) is 41.6. The standard InChI is InChI=1S/C45H59N7O6S/c1-8-51-35-15-14-29-22-31(35)32(39(51)30-12-9-16-46-37(30)28(4)56-7)23-45(5,6)25-58-44(55)33-13-10-19-52(49-33)43(54)38(48-41(53)36-26(2)27(36)3)40(42-47-34(29)24-59-42)57-21-20-50-17-11-18-50/h9,12,14-16,22,24,26-28,33,36,38,40,49H,8,10-11,13,17-21,23,25H2,1-7H3,(H,48,53)/t26-,27+,28-,33-,36+,38-,40-/m0/s1. The number of benzene rings is 1. The van der Waals surface area contributed by atoms with E-state index in [1.807, 2.05) is 24.6 Å². The number of nitrogens with one attached hydrogen (secondary N) is 2. The summed E-state index contributed by atoms with van der Waals surface area (Å²) in [5.74, 6) is -0.692. The first-order valence-corrected chi connectivity index (χ1v) is 22.2. The molecule has 13 nitrogen and oxygen atoms in total. The SMILES string of the molecule is CCn1c(-c2cccnc2[C@H](C)OC)c2c3cc(ccc31)-c1csc(n1)[C@@H](OCCN1CCC1)[C@H](NC(=O)[C@H]1[C@H](C)[C@@H]1C)C(=O)N1CCC[C@H](N1)C(=O)OCC(C)(C)C2. The van der Waals surface area contributed by atoms with Gasteiger partial charge in [-0.25, -0.2) is 10.4 Å².